The van der Waals surface area contributed by atoms with Crippen molar-refractivity contribution < 1.29 is 9.53 Å². The van der Waals surface area contributed by atoms with Crippen molar-refractivity contribution in [1.82, 2.24) is 14.7 Å². The van der Waals surface area contributed by atoms with E-state index in [1.807, 2.05) is 4.90 Å². The van der Waals surface area contributed by atoms with Crippen LogP contribution in [0.15, 0.2) is 0 Å². The molecule has 2 aliphatic rings. The molecule has 0 aromatic carbocycles. The Morgan fingerprint density at radius 3 is 2.62 bits per heavy atom. The molecule has 5 heteroatoms. The molecule has 0 N–H and O–H groups in total. The lowest BCUT2D eigenvalue weighted by molar-refractivity contribution is 0.00658. The average molecular weight is 297 g/mol. The summed E-state index contributed by atoms with van der Waals surface area (Å²) in [7, 11) is 4.28. The zero-order valence-electron chi connectivity index (χ0n) is 14.1. The zero-order chi connectivity index (χ0) is 15.5. The first-order valence-electron chi connectivity index (χ1n) is 8.25. The molecule has 122 valence electrons. The van der Waals surface area contributed by atoms with Crippen LogP contribution in [0.1, 0.15) is 33.1 Å². The predicted octanol–water partition coefficient (Wildman–Crippen LogP) is 1.88. The minimum absolute atomic E-state index is 0.105. The molecule has 0 aromatic heterocycles. The Balaban J connectivity index is 1.73. The Bertz CT molecular complexity index is 351. The largest absolute Gasteiger partial charge is 0.441 e. The highest BCUT2D eigenvalue weighted by molar-refractivity contribution is 5.70. The number of amides is 1. The highest BCUT2D eigenvalue weighted by Crippen LogP contribution is 2.32. The number of ether oxygens (including phenoxy) is 1. The summed E-state index contributed by atoms with van der Waals surface area (Å²) >= 11 is 0. The Morgan fingerprint density at radius 2 is 2.00 bits per heavy atom. The van der Waals surface area contributed by atoms with Gasteiger partial charge in [0.05, 0.1) is 6.54 Å². The van der Waals surface area contributed by atoms with Gasteiger partial charge in [-0.2, -0.15) is 0 Å². The van der Waals surface area contributed by atoms with Gasteiger partial charge >= 0.3 is 6.09 Å². The molecule has 0 aliphatic carbocycles. The van der Waals surface area contributed by atoms with Gasteiger partial charge in [-0.25, -0.2) is 4.79 Å². The maximum Gasteiger partial charge on any atom is 0.410 e. The second kappa shape index (κ2) is 6.97. The second-order valence-corrected chi connectivity index (χ2v) is 7.29. The average Bonchev–Trinajstić information content (AvgIpc) is 2.69. The first kappa shape index (κ1) is 16.6. The highest BCUT2D eigenvalue weighted by Gasteiger charge is 2.46. The number of piperidine rings is 1. The van der Waals surface area contributed by atoms with Gasteiger partial charge in [-0.1, -0.05) is 13.8 Å². The SMILES string of the molecule is CC(C)CN(C)CCCN1CC2(CCN(C)CC2)OC1=O. The van der Waals surface area contributed by atoms with E-state index in [0.29, 0.717) is 5.92 Å². The van der Waals surface area contributed by atoms with Crippen molar-refractivity contribution >= 4 is 6.09 Å². The smallest absolute Gasteiger partial charge is 0.410 e. The van der Waals surface area contributed by atoms with Crippen LogP contribution in [-0.4, -0.2) is 79.8 Å². The van der Waals surface area contributed by atoms with E-state index in [0.717, 1.165) is 58.5 Å². The maximum atomic E-state index is 12.1. The Labute approximate surface area is 129 Å². The van der Waals surface area contributed by atoms with Gasteiger partial charge in [-0.05, 0) is 33.0 Å². The van der Waals surface area contributed by atoms with Crippen molar-refractivity contribution in [3.05, 3.63) is 0 Å². The second-order valence-electron chi connectivity index (χ2n) is 7.29. The van der Waals surface area contributed by atoms with Gasteiger partial charge in [-0.15, -0.1) is 0 Å². The molecule has 0 radical (unpaired) electrons. The summed E-state index contributed by atoms with van der Waals surface area (Å²) < 4.78 is 5.72. The Hall–Kier alpha value is -0.810. The fourth-order valence-electron chi connectivity index (χ4n) is 3.40. The lowest BCUT2D eigenvalue weighted by Crippen LogP contribution is -2.45. The zero-order valence-corrected chi connectivity index (χ0v) is 14.1. The van der Waals surface area contributed by atoms with Gasteiger partial charge in [0, 0.05) is 39.0 Å². The number of hydrogen-bond acceptors (Lipinski definition) is 4. The number of likely N-dealkylation sites (tertiary alicyclic amines) is 1. The molecule has 1 amide bonds. The summed E-state index contributed by atoms with van der Waals surface area (Å²) in [6, 6.07) is 0. The van der Waals surface area contributed by atoms with Crippen molar-refractivity contribution in [1.29, 1.82) is 0 Å². The monoisotopic (exact) mass is 297 g/mol. The normalized spacial score (nSPS) is 22.6. The van der Waals surface area contributed by atoms with Crippen molar-refractivity contribution in [2.45, 2.75) is 38.7 Å². The quantitative estimate of drug-likeness (QED) is 0.750. The summed E-state index contributed by atoms with van der Waals surface area (Å²) in [5.41, 5.74) is -0.201. The molecular weight excluding hydrogens is 266 g/mol. The van der Waals surface area contributed by atoms with Gasteiger partial charge in [0.2, 0.25) is 0 Å². The van der Waals surface area contributed by atoms with Crippen LogP contribution in [-0.2, 0) is 4.74 Å². The van der Waals surface area contributed by atoms with Crippen LogP contribution in [0.25, 0.3) is 0 Å². The van der Waals surface area contributed by atoms with Crippen LogP contribution in [0.5, 0.6) is 0 Å². The van der Waals surface area contributed by atoms with E-state index in [9.17, 15) is 4.79 Å². The van der Waals surface area contributed by atoms with E-state index in [-0.39, 0.29) is 11.7 Å². The molecule has 0 saturated carbocycles. The minimum atomic E-state index is -0.201. The molecule has 1 spiro atoms. The molecule has 2 heterocycles. The van der Waals surface area contributed by atoms with Gasteiger partial charge in [-0.3, -0.25) is 0 Å². The molecule has 0 aromatic rings. The number of hydrogen-bond donors (Lipinski definition) is 0. The first-order chi connectivity index (χ1) is 9.90. The molecular formula is C16H31N3O2. The van der Waals surface area contributed by atoms with Gasteiger partial charge in [0.1, 0.15) is 5.60 Å². The lowest BCUT2D eigenvalue weighted by atomic mass is 9.91. The molecule has 2 rings (SSSR count). The number of carbonyl (C=O) groups is 1. The topological polar surface area (TPSA) is 36.0 Å². The van der Waals surface area contributed by atoms with Gasteiger partial charge < -0.3 is 19.4 Å². The summed E-state index contributed by atoms with van der Waals surface area (Å²) in [5, 5.41) is 0. The van der Waals surface area contributed by atoms with Crippen molar-refractivity contribution in [2.75, 3.05) is 53.4 Å². The summed E-state index contributed by atoms with van der Waals surface area (Å²) in [6.07, 6.45) is 2.86. The van der Waals surface area contributed by atoms with Crippen molar-refractivity contribution in [3.8, 4) is 0 Å². The van der Waals surface area contributed by atoms with Crippen molar-refractivity contribution in [2.24, 2.45) is 5.92 Å². The third kappa shape index (κ3) is 4.58. The predicted molar refractivity (Wildman–Crippen MR) is 84.5 cm³/mol. The lowest BCUT2D eigenvalue weighted by Gasteiger charge is -2.35. The summed E-state index contributed by atoms with van der Waals surface area (Å²) in [6.45, 7) is 10.3. The molecule has 21 heavy (non-hydrogen) atoms. The third-order valence-electron chi connectivity index (χ3n) is 4.58. The number of rotatable bonds is 6. The van der Waals surface area contributed by atoms with Crippen LogP contribution >= 0.6 is 0 Å². The molecule has 2 saturated heterocycles. The van der Waals surface area contributed by atoms with Gasteiger partial charge in [0.25, 0.3) is 0 Å². The van der Waals surface area contributed by atoms with Crippen LogP contribution in [0.4, 0.5) is 4.79 Å². The maximum absolute atomic E-state index is 12.1. The Kier molecular flexibility index (Phi) is 5.49. The molecule has 5 nitrogen and oxygen atoms in total. The van der Waals surface area contributed by atoms with E-state index < -0.39 is 0 Å². The van der Waals surface area contributed by atoms with E-state index >= 15 is 0 Å². The molecule has 2 fully saturated rings. The fourth-order valence-corrected chi connectivity index (χ4v) is 3.40. The van der Waals surface area contributed by atoms with Gasteiger partial charge in [0.15, 0.2) is 0 Å². The van der Waals surface area contributed by atoms with Crippen LogP contribution in [0.2, 0.25) is 0 Å². The number of carbonyl (C=O) groups excluding carboxylic acids is 1. The van der Waals surface area contributed by atoms with E-state index in [1.54, 1.807) is 0 Å². The van der Waals surface area contributed by atoms with Crippen LogP contribution < -0.4 is 0 Å². The molecule has 0 unspecified atom stereocenters. The fraction of sp³-hybridized carbons (Fsp3) is 0.938. The summed E-state index contributed by atoms with van der Waals surface area (Å²) in [5.74, 6) is 0.689. The standard InChI is InChI=1S/C16H31N3O2/c1-14(2)12-18(4)8-5-9-19-13-16(21-15(19)20)6-10-17(3)11-7-16/h14H,5-13H2,1-4H3. The van der Waals surface area contributed by atoms with Crippen molar-refractivity contribution in [3.63, 3.8) is 0 Å². The van der Waals surface area contributed by atoms with E-state index in [2.05, 4.69) is 37.7 Å². The third-order valence-corrected chi connectivity index (χ3v) is 4.58. The highest BCUT2D eigenvalue weighted by atomic mass is 16.6. The van der Waals surface area contributed by atoms with Crippen LogP contribution in [0.3, 0.4) is 0 Å². The van der Waals surface area contributed by atoms with E-state index in [1.165, 1.54) is 0 Å². The number of nitrogens with zero attached hydrogens (tertiary/aromatic N) is 3. The van der Waals surface area contributed by atoms with Crippen LogP contribution in [0, 0.1) is 5.92 Å². The molecule has 0 bridgehead atoms. The first-order valence-corrected chi connectivity index (χ1v) is 8.25. The molecule has 2 aliphatic heterocycles. The Morgan fingerprint density at radius 1 is 1.33 bits per heavy atom. The minimum Gasteiger partial charge on any atom is -0.441 e. The molecule has 0 atom stereocenters. The summed E-state index contributed by atoms with van der Waals surface area (Å²) in [4.78, 5) is 18.6. The van der Waals surface area contributed by atoms with E-state index in [4.69, 9.17) is 4.74 Å².